The Morgan fingerprint density at radius 3 is 2.83 bits per heavy atom. The van der Waals surface area contributed by atoms with Gasteiger partial charge in [0.05, 0.1) is 0 Å². The lowest BCUT2D eigenvalue weighted by molar-refractivity contribution is 0.0684. The Bertz CT molecular complexity index is 577. The van der Waals surface area contributed by atoms with Crippen molar-refractivity contribution < 1.29 is 19.2 Å². The summed E-state index contributed by atoms with van der Waals surface area (Å²) in [5.41, 5.74) is 1.12. The summed E-state index contributed by atoms with van der Waals surface area (Å²) >= 11 is 0. The molecule has 0 spiro atoms. The number of aryl methyl sites for hydroxylation is 2. The van der Waals surface area contributed by atoms with Gasteiger partial charge in [0.2, 0.25) is 0 Å². The van der Waals surface area contributed by atoms with Crippen LogP contribution in [-0.4, -0.2) is 21.2 Å². The molecule has 0 bridgehead atoms. The van der Waals surface area contributed by atoms with Crippen LogP contribution in [0, 0.1) is 13.8 Å². The van der Waals surface area contributed by atoms with E-state index >= 15 is 0 Å². The molecule has 2 aromatic rings. The molecule has 6 nitrogen and oxygen atoms in total. The SMILES string of the molecule is Cc1ccc(OCc2cc(C)on2)c(C(=O)O)n1. The van der Waals surface area contributed by atoms with Crippen molar-refractivity contribution in [2.45, 2.75) is 20.5 Å². The summed E-state index contributed by atoms with van der Waals surface area (Å²) in [6, 6.07) is 5.00. The van der Waals surface area contributed by atoms with Crippen molar-refractivity contribution in [3.63, 3.8) is 0 Å². The first kappa shape index (κ1) is 12.1. The lowest BCUT2D eigenvalue weighted by Crippen LogP contribution is -2.06. The van der Waals surface area contributed by atoms with Gasteiger partial charge in [-0.15, -0.1) is 0 Å². The molecule has 0 atom stereocenters. The predicted octanol–water partition coefficient (Wildman–Crippen LogP) is 1.96. The first-order chi connectivity index (χ1) is 8.56. The molecule has 2 aromatic heterocycles. The molecule has 0 aliphatic carbocycles. The minimum absolute atomic E-state index is 0.102. The van der Waals surface area contributed by atoms with Crippen LogP contribution >= 0.6 is 0 Å². The number of carboxylic acid groups (broad SMARTS) is 1. The molecule has 18 heavy (non-hydrogen) atoms. The van der Waals surface area contributed by atoms with Crippen LogP contribution in [0.1, 0.15) is 27.6 Å². The van der Waals surface area contributed by atoms with E-state index < -0.39 is 5.97 Å². The van der Waals surface area contributed by atoms with Gasteiger partial charge < -0.3 is 14.4 Å². The third kappa shape index (κ3) is 2.65. The highest BCUT2D eigenvalue weighted by Crippen LogP contribution is 2.18. The van der Waals surface area contributed by atoms with E-state index in [0.29, 0.717) is 17.1 Å². The normalized spacial score (nSPS) is 10.3. The van der Waals surface area contributed by atoms with Crippen molar-refractivity contribution in [2.75, 3.05) is 0 Å². The van der Waals surface area contributed by atoms with E-state index in [1.807, 2.05) is 0 Å². The fourth-order valence-corrected chi connectivity index (χ4v) is 1.45. The summed E-state index contributed by atoms with van der Waals surface area (Å²) in [7, 11) is 0. The molecule has 0 amide bonds. The molecule has 0 aromatic carbocycles. The highest BCUT2D eigenvalue weighted by Gasteiger charge is 2.14. The van der Waals surface area contributed by atoms with Gasteiger partial charge in [-0.05, 0) is 26.0 Å². The van der Waals surface area contributed by atoms with Crippen molar-refractivity contribution in [3.8, 4) is 5.75 Å². The minimum Gasteiger partial charge on any atom is -0.485 e. The number of aromatic carboxylic acids is 1. The quantitative estimate of drug-likeness (QED) is 0.890. The summed E-state index contributed by atoms with van der Waals surface area (Å²) in [6.45, 7) is 3.63. The maximum absolute atomic E-state index is 11.0. The lowest BCUT2D eigenvalue weighted by Gasteiger charge is -2.07. The van der Waals surface area contributed by atoms with Crippen LogP contribution in [0.3, 0.4) is 0 Å². The van der Waals surface area contributed by atoms with Crippen molar-refractivity contribution >= 4 is 5.97 Å². The van der Waals surface area contributed by atoms with Gasteiger partial charge in [0.1, 0.15) is 18.1 Å². The third-order valence-corrected chi connectivity index (χ3v) is 2.25. The number of carboxylic acids is 1. The smallest absolute Gasteiger partial charge is 0.358 e. The highest BCUT2D eigenvalue weighted by atomic mass is 16.5. The minimum atomic E-state index is -1.12. The Morgan fingerprint density at radius 1 is 1.44 bits per heavy atom. The molecular weight excluding hydrogens is 236 g/mol. The zero-order valence-corrected chi connectivity index (χ0v) is 10.0. The molecule has 6 heteroatoms. The van der Waals surface area contributed by atoms with Crippen LogP contribution in [0.4, 0.5) is 0 Å². The van der Waals surface area contributed by atoms with Gasteiger partial charge in [0.15, 0.2) is 11.4 Å². The number of carbonyl (C=O) groups is 1. The van der Waals surface area contributed by atoms with Crippen LogP contribution in [0.5, 0.6) is 5.75 Å². The summed E-state index contributed by atoms with van der Waals surface area (Å²) < 4.78 is 10.3. The Hall–Kier alpha value is -2.37. The summed E-state index contributed by atoms with van der Waals surface area (Å²) in [6.07, 6.45) is 0. The lowest BCUT2D eigenvalue weighted by atomic mass is 10.3. The second-order valence-corrected chi connectivity index (χ2v) is 3.82. The summed E-state index contributed by atoms with van der Waals surface area (Å²) in [5, 5.41) is 12.8. The highest BCUT2D eigenvalue weighted by molar-refractivity contribution is 5.88. The van der Waals surface area contributed by atoms with Crippen LogP contribution in [-0.2, 0) is 6.61 Å². The van der Waals surface area contributed by atoms with E-state index in [1.165, 1.54) is 0 Å². The second kappa shape index (κ2) is 4.87. The monoisotopic (exact) mass is 248 g/mol. The Morgan fingerprint density at radius 2 is 2.22 bits per heavy atom. The van der Waals surface area contributed by atoms with Crippen LogP contribution in [0.2, 0.25) is 0 Å². The Kier molecular flexibility index (Phi) is 3.27. The molecule has 0 aliphatic rings. The molecule has 94 valence electrons. The topological polar surface area (TPSA) is 85.5 Å². The van der Waals surface area contributed by atoms with E-state index in [4.69, 9.17) is 14.4 Å². The molecule has 0 saturated carbocycles. The zero-order valence-electron chi connectivity index (χ0n) is 10.0. The zero-order chi connectivity index (χ0) is 13.1. The van der Waals surface area contributed by atoms with E-state index in [0.717, 1.165) is 0 Å². The number of nitrogens with zero attached hydrogens (tertiary/aromatic N) is 2. The average Bonchev–Trinajstić information content (AvgIpc) is 2.73. The number of hydrogen-bond acceptors (Lipinski definition) is 5. The predicted molar refractivity (Wildman–Crippen MR) is 61.5 cm³/mol. The van der Waals surface area contributed by atoms with Crippen molar-refractivity contribution in [1.82, 2.24) is 10.1 Å². The van der Waals surface area contributed by atoms with Crippen molar-refractivity contribution in [3.05, 3.63) is 41.0 Å². The Labute approximate surface area is 103 Å². The number of rotatable bonds is 4. The van der Waals surface area contributed by atoms with Gasteiger partial charge in [0, 0.05) is 11.8 Å². The maximum Gasteiger partial charge on any atom is 0.358 e. The number of aromatic nitrogens is 2. The van der Waals surface area contributed by atoms with E-state index in [-0.39, 0.29) is 18.1 Å². The largest absolute Gasteiger partial charge is 0.485 e. The van der Waals surface area contributed by atoms with Gasteiger partial charge in [-0.3, -0.25) is 0 Å². The summed E-state index contributed by atoms with van der Waals surface area (Å²) in [5.74, 6) is -0.229. The molecule has 0 unspecified atom stereocenters. The maximum atomic E-state index is 11.0. The van der Waals surface area contributed by atoms with E-state index in [1.54, 1.807) is 32.0 Å². The number of ether oxygens (including phenoxy) is 1. The van der Waals surface area contributed by atoms with Crippen LogP contribution in [0.25, 0.3) is 0 Å². The van der Waals surface area contributed by atoms with E-state index in [9.17, 15) is 4.79 Å². The molecule has 0 fully saturated rings. The Balaban J connectivity index is 2.16. The van der Waals surface area contributed by atoms with Gasteiger partial charge in [-0.2, -0.15) is 0 Å². The first-order valence-corrected chi connectivity index (χ1v) is 5.32. The fourth-order valence-electron chi connectivity index (χ4n) is 1.45. The number of pyridine rings is 1. The number of hydrogen-bond donors (Lipinski definition) is 1. The average molecular weight is 248 g/mol. The fraction of sp³-hybridized carbons (Fsp3) is 0.250. The van der Waals surface area contributed by atoms with Gasteiger partial charge in [-0.1, -0.05) is 5.16 Å². The molecule has 0 radical (unpaired) electrons. The van der Waals surface area contributed by atoms with Gasteiger partial charge in [-0.25, -0.2) is 9.78 Å². The van der Waals surface area contributed by atoms with Gasteiger partial charge >= 0.3 is 5.97 Å². The van der Waals surface area contributed by atoms with E-state index in [2.05, 4.69) is 10.1 Å². The van der Waals surface area contributed by atoms with Crippen LogP contribution < -0.4 is 4.74 Å². The molecule has 1 N–H and O–H groups in total. The summed E-state index contributed by atoms with van der Waals surface area (Å²) in [4.78, 5) is 14.9. The second-order valence-electron chi connectivity index (χ2n) is 3.82. The molecule has 2 heterocycles. The third-order valence-electron chi connectivity index (χ3n) is 2.25. The van der Waals surface area contributed by atoms with Gasteiger partial charge in [0.25, 0.3) is 0 Å². The molecular formula is C12H12N2O4. The van der Waals surface area contributed by atoms with Crippen molar-refractivity contribution in [2.24, 2.45) is 0 Å². The molecule has 2 rings (SSSR count). The first-order valence-electron chi connectivity index (χ1n) is 5.32. The standard InChI is InChI=1S/C12H12N2O4/c1-7-3-4-10(11(13-7)12(15)16)17-6-9-5-8(2)18-14-9/h3-5H,6H2,1-2H3,(H,15,16). The molecule has 0 aliphatic heterocycles. The molecule has 0 saturated heterocycles. The van der Waals surface area contributed by atoms with Crippen LogP contribution in [0.15, 0.2) is 22.7 Å². The van der Waals surface area contributed by atoms with Crippen molar-refractivity contribution in [1.29, 1.82) is 0 Å².